The Kier molecular flexibility index (Phi) is 7.64. The normalized spacial score (nSPS) is 11.7. The van der Waals surface area contributed by atoms with Crippen molar-refractivity contribution in [3.8, 4) is 16.9 Å². The lowest BCUT2D eigenvalue weighted by atomic mass is 10.1. The molecule has 0 fully saturated rings. The monoisotopic (exact) mass is 445 g/mol. The minimum Gasteiger partial charge on any atom is -0.385 e. The fraction of sp³-hybridized carbons (Fsp3) is 0.333. The molecule has 1 aromatic heterocycles. The average Bonchev–Trinajstić information content (AvgIpc) is 3.06. The number of ether oxygens (including phenoxy) is 2. The lowest BCUT2D eigenvalue weighted by Crippen LogP contribution is -2.04. The number of halogens is 1. The van der Waals surface area contributed by atoms with Gasteiger partial charge in [-0.2, -0.15) is 0 Å². The highest BCUT2D eigenvalue weighted by Crippen LogP contribution is 2.31. The number of hydrogen-bond donors (Lipinski definition) is 0. The molecular formula is C24H28FNO4S. The molecule has 5 nitrogen and oxygen atoms in total. The zero-order chi connectivity index (χ0) is 22.4. The second-order valence-electron chi connectivity index (χ2n) is 7.46. The van der Waals surface area contributed by atoms with E-state index in [1.54, 1.807) is 37.4 Å². The van der Waals surface area contributed by atoms with Crippen LogP contribution in [0.2, 0.25) is 0 Å². The first-order chi connectivity index (χ1) is 14.8. The summed E-state index contributed by atoms with van der Waals surface area (Å²) in [5.41, 5.74) is 4.53. The van der Waals surface area contributed by atoms with Crippen molar-refractivity contribution in [3.63, 3.8) is 0 Å². The summed E-state index contributed by atoms with van der Waals surface area (Å²) >= 11 is 0. The quantitative estimate of drug-likeness (QED) is 0.428. The van der Waals surface area contributed by atoms with E-state index in [0.717, 1.165) is 35.4 Å². The van der Waals surface area contributed by atoms with Gasteiger partial charge in [-0.1, -0.05) is 18.2 Å². The summed E-state index contributed by atoms with van der Waals surface area (Å²) < 4.78 is 50.3. The molecular weight excluding hydrogens is 417 g/mol. The maximum absolute atomic E-state index is 13.9. The molecule has 0 aliphatic heterocycles. The summed E-state index contributed by atoms with van der Waals surface area (Å²) in [4.78, 5) is 0.265. The molecule has 1 heterocycles. The third kappa shape index (κ3) is 5.81. The minimum absolute atomic E-state index is 0.265. The van der Waals surface area contributed by atoms with Crippen molar-refractivity contribution in [3.05, 3.63) is 71.7 Å². The van der Waals surface area contributed by atoms with Crippen LogP contribution in [0.4, 0.5) is 4.39 Å². The van der Waals surface area contributed by atoms with Crippen LogP contribution in [0.15, 0.2) is 59.5 Å². The van der Waals surface area contributed by atoms with Crippen LogP contribution < -0.4 is 0 Å². The summed E-state index contributed by atoms with van der Waals surface area (Å²) in [6, 6.07) is 15.3. The van der Waals surface area contributed by atoms with Gasteiger partial charge >= 0.3 is 0 Å². The highest BCUT2D eigenvalue weighted by atomic mass is 32.2. The van der Waals surface area contributed by atoms with Crippen molar-refractivity contribution in [1.82, 2.24) is 4.57 Å². The van der Waals surface area contributed by atoms with Gasteiger partial charge in [-0.25, -0.2) is 12.8 Å². The number of hydrogen-bond acceptors (Lipinski definition) is 4. The van der Waals surface area contributed by atoms with Gasteiger partial charge in [-0.3, -0.25) is 0 Å². The molecule has 31 heavy (non-hydrogen) atoms. The van der Waals surface area contributed by atoms with Gasteiger partial charge in [0, 0.05) is 38.0 Å². The minimum atomic E-state index is -3.28. The molecule has 7 heteroatoms. The van der Waals surface area contributed by atoms with Crippen LogP contribution in [-0.2, 0) is 25.7 Å². The molecule has 2 aromatic carbocycles. The summed E-state index contributed by atoms with van der Waals surface area (Å²) in [6.45, 7) is 3.88. The Hall–Kier alpha value is -2.48. The van der Waals surface area contributed by atoms with Gasteiger partial charge in [0.15, 0.2) is 9.84 Å². The fourth-order valence-corrected chi connectivity index (χ4v) is 4.16. The Labute approximate surface area is 183 Å². The zero-order valence-electron chi connectivity index (χ0n) is 18.1. The SMILES string of the molecule is COCCCOCCc1cc(-c2ccc(S(C)(=O)=O)cc2)n(-c2cccc(F)c2)c1C. The van der Waals surface area contributed by atoms with Gasteiger partial charge in [0.2, 0.25) is 0 Å². The molecule has 0 unspecified atom stereocenters. The topological polar surface area (TPSA) is 57.5 Å². The molecule has 0 amide bonds. The number of sulfone groups is 1. The molecule has 0 spiro atoms. The Bertz CT molecular complexity index is 1120. The smallest absolute Gasteiger partial charge is 0.175 e. The van der Waals surface area contributed by atoms with Crippen LogP contribution in [0.3, 0.4) is 0 Å². The van der Waals surface area contributed by atoms with Gasteiger partial charge in [0.1, 0.15) is 5.82 Å². The summed E-state index contributed by atoms with van der Waals surface area (Å²) in [7, 11) is -1.61. The second kappa shape index (κ2) is 10.2. The summed E-state index contributed by atoms with van der Waals surface area (Å²) in [5, 5.41) is 0. The van der Waals surface area contributed by atoms with Crippen molar-refractivity contribution in [2.45, 2.75) is 24.7 Å². The van der Waals surface area contributed by atoms with E-state index < -0.39 is 9.84 Å². The van der Waals surface area contributed by atoms with E-state index in [-0.39, 0.29) is 10.7 Å². The molecule has 0 saturated carbocycles. The van der Waals surface area contributed by atoms with Crippen molar-refractivity contribution in [1.29, 1.82) is 0 Å². The van der Waals surface area contributed by atoms with Crippen LogP contribution in [0.5, 0.6) is 0 Å². The van der Waals surface area contributed by atoms with Crippen LogP contribution in [0.25, 0.3) is 16.9 Å². The lowest BCUT2D eigenvalue weighted by molar-refractivity contribution is 0.105. The van der Waals surface area contributed by atoms with E-state index in [9.17, 15) is 12.8 Å². The Morgan fingerprint density at radius 2 is 1.74 bits per heavy atom. The maximum atomic E-state index is 13.9. The standard InChI is InChI=1S/C24H28FNO4S/c1-18-20(12-15-30-14-5-13-29-2)16-24(26(18)22-7-4-6-21(25)17-22)19-8-10-23(11-9-19)31(3,27)28/h4,6-11,16-17H,5,12-15H2,1-3H3. The molecule has 3 rings (SSSR count). The van der Waals surface area contributed by atoms with Crippen LogP contribution in [0.1, 0.15) is 17.7 Å². The van der Waals surface area contributed by atoms with Gasteiger partial charge in [-0.05, 0) is 67.3 Å². The molecule has 0 bridgehead atoms. The first kappa shape index (κ1) is 23.2. The largest absolute Gasteiger partial charge is 0.385 e. The lowest BCUT2D eigenvalue weighted by Gasteiger charge is -2.13. The zero-order valence-corrected chi connectivity index (χ0v) is 18.9. The molecule has 0 N–H and O–H groups in total. The highest BCUT2D eigenvalue weighted by Gasteiger charge is 2.16. The van der Waals surface area contributed by atoms with Crippen LogP contribution >= 0.6 is 0 Å². The fourth-order valence-electron chi connectivity index (χ4n) is 3.53. The Morgan fingerprint density at radius 1 is 1.00 bits per heavy atom. The Morgan fingerprint density at radius 3 is 2.39 bits per heavy atom. The molecule has 0 aliphatic rings. The average molecular weight is 446 g/mol. The van der Waals surface area contributed by atoms with E-state index in [2.05, 4.69) is 6.07 Å². The number of rotatable bonds is 10. The van der Waals surface area contributed by atoms with E-state index in [1.165, 1.54) is 18.4 Å². The van der Waals surface area contributed by atoms with Gasteiger partial charge < -0.3 is 14.0 Å². The predicted molar refractivity (Wildman–Crippen MR) is 120 cm³/mol. The van der Waals surface area contributed by atoms with E-state index >= 15 is 0 Å². The van der Waals surface area contributed by atoms with Crippen molar-refractivity contribution < 1.29 is 22.3 Å². The van der Waals surface area contributed by atoms with Crippen molar-refractivity contribution in [2.75, 3.05) is 33.2 Å². The van der Waals surface area contributed by atoms with E-state index in [0.29, 0.717) is 25.5 Å². The third-order valence-electron chi connectivity index (χ3n) is 5.15. The first-order valence-electron chi connectivity index (χ1n) is 10.2. The van der Waals surface area contributed by atoms with E-state index in [1.807, 2.05) is 17.6 Å². The molecule has 3 aromatic rings. The second-order valence-corrected chi connectivity index (χ2v) is 9.48. The Balaban J connectivity index is 1.95. The number of methoxy groups -OCH3 is 1. The van der Waals surface area contributed by atoms with Crippen molar-refractivity contribution >= 4 is 9.84 Å². The molecule has 0 atom stereocenters. The highest BCUT2D eigenvalue weighted by molar-refractivity contribution is 7.90. The van der Waals surface area contributed by atoms with E-state index in [4.69, 9.17) is 9.47 Å². The first-order valence-corrected chi connectivity index (χ1v) is 12.0. The van der Waals surface area contributed by atoms with Gasteiger partial charge in [-0.15, -0.1) is 0 Å². The predicted octanol–water partition coefficient (Wildman–Crippen LogP) is 4.59. The van der Waals surface area contributed by atoms with Gasteiger partial charge in [0.25, 0.3) is 0 Å². The van der Waals surface area contributed by atoms with Gasteiger partial charge in [0.05, 0.1) is 17.2 Å². The maximum Gasteiger partial charge on any atom is 0.175 e. The van der Waals surface area contributed by atoms with Crippen LogP contribution in [0, 0.1) is 12.7 Å². The summed E-state index contributed by atoms with van der Waals surface area (Å²) in [5.74, 6) is -0.313. The molecule has 166 valence electrons. The van der Waals surface area contributed by atoms with Crippen molar-refractivity contribution in [2.24, 2.45) is 0 Å². The molecule has 0 radical (unpaired) electrons. The summed E-state index contributed by atoms with van der Waals surface area (Å²) in [6.07, 6.45) is 2.75. The molecule has 0 aliphatic carbocycles. The number of benzene rings is 2. The number of nitrogens with zero attached hydrogens (tertiary/aromatic N) is 1. The van der Waals surface area contributed by atoms with Crippen LogP contribution in [-0.4, -0.2) is 46.2 Å². The molecule has 0 saturated heterocycles. The third-order valence-corrected chi connectivity index (χ3v) is 6.28. The number of aromatic nitrogens is 1.